The van der Waals surface area contributed by atoms with Crippen molar-refractivity contribution in [2.24, 2.45) is 11.8 Å². The molecule has 37 heavy (non-hydrogen) atoms. The highest BCUT2D eigenvalue weighted by Gasteiger charge is 2.42. The molecule has 2 aromatic heterocycles. The standard InChI is InChI=1S/C24H23ClN10O2/c1-37-24(36)34-11-14-9-33(10-15(14)12-34)19-5-13(6-26)4-18(20(19)25)30-23-31-21(29-16-2-3-16)22-28-8-17(7-27)35(22)32-23/h4-5,8,14-16H,2-3,9-12H2,1H3,(H2,29,30,31,32). The van der Waals surface area contributed by atoms with E-state index >= 15 is 0 Å². The van der Waals surface area contributed by atoms with E-state index in [9.17, 15) is 15.3 Å². The number of rotatable bonds is 5. The van der Waals surface area contributed by atoms with Crippen LogP contribution in [0.15, 0.2) is 18.3 Å². The number of nitriles is 2. The van der Waals surface area contributed by atoms with Crippen molar-refractivity contribution in [3.8, 4) is 12.1 Å². The van der Waals surface area contributed by atoms with Crippen LogP contribution in [0, 0.1) is 34.5 Å². The second-order valence-electron chi connectivity index (χ2n) is 9.59. The summed E-state index contributed by atoms with van der Waals surface area (Å²) in [4.78, 5) is 24.7. The number of ether oxygens (including phenoxy) is 1. The number of aromatic nitrogens is 4. The van der Waals surface area contributed by atoms with Gasteiger partial charge in [-0.05, 0) is 25.0 Å². The largest absolute Gasteiger partial charge is 0.453 e. The lowest BCUT2D eigenvalue weighted by Gasteiger charge is -2.24. The first-order valence-electron chi connectivity index (χ1n) is 12.0. The van der Waals surface area contributed by atoms with Crippen molar-refractivity contribution >= 4 is 46.5 Å². The van der Waals surface area contributed by atoms with Crippen LogP contribution in [0.25, 0.3) is 5.65 Å². The molecular formula is C24H23ClN10O2. The number of halogens is 1. The molecule has 2 unspecified atom stereocenters. The van der Waals surface area contributed by atoms with Gasteiger partial charge in [0.1, 0.15) is 6.07 Å². The molecule has 1 amide bonds. The molecular weight excluding hydrogens is 496 g/mol. The number of hydrogen-bond donors (Lipinski definition) is 2. The van der Waals surface area contributed by atoms with Gasteiger partial charge >= 0.3 is 6.09 Å². The van der Waals surface area contributed by atoms with E-state index in [2.05, 4.69) is 42.7 Å². The van der Waals surface area contributed by atoms with Gasteiger partial charge < -0.3 is 25.2 Å². The molecule has 2 saturated heterocycles. The fourth-order valence-electron chi connectivity index (χ4n) is 5.11. The van der Waals surface area contributed by atoms with Gasteiger partial charge in [-0.1, -0.05) is 11.6 Å². The molecule has 2 N–H and O–H groups in total. The van der Waals surface area contributed by atoms with Crippen LogP contribution in [-0.2, 0) is 4.74 Å². The van der Waals surface area contributed by atoms with E-state index in [1.54, 1.807) is 17.0 Å². The summed E-state index contributed by atoms with van der Waals surface area (Å²) in [7, 11) is 1.39. The van der Waals surface area contributed by atoms with Crippen LogP contribution in [0.3, 0.4) is 0 Å². The number of hydrogen-bond acceptors (Lipinski definition) is 10. The van der Waals surface area contributed by atoms with Crippen LogP contribution in [0.4, 0.5) is 27.9 Å². The Bertz CT molecular complexity index is 1470. The van der Waals surface area contributed by atoms with Crippen LogP contribution in [0.1, 0.15) is 24.1 Å². The number of fused-ring (bicyclic) bond motifs is 2. The molecule has 0 radical (unpaired) electrons. The molecule has 6 rings (SSSR count). The third-order valence-electron chi connectivity index (χ3n) is 7.08. The first kappa shape index (κ1) is 23.1. The van der Waals surface area contributed by atoms with Crippen molar-refractivity contribution in [2.45, 2.75) is 18.9 Å². The van der Waals surface area contributed by atoms with Gasteiger partial charge in [-0.3, -0.25) is 0 Å². The van der Waals surface area contributed by atoms with Crippen LogP contribution in [0.2, 0.25) is 5.02 Å². The van der Waals surface area contributed by atoms with Crippen LogP contribution in [0.5, 0.6) is 0 Å². The smallest absolute Gasteiger partial charge is 0.409 e. The van der Waals surface area contributed by atoms with Crippen molar-refractivity contribution < 1.29 is 9.53 Å². The first-order valence-corrected chi connectivity index (χ1v) is 12.4. The van der Waals surface area contributed by atoms with E-state index in [1.165, 1.54) is 17.8 Å². The van der Waals surface area contributed by atoms with E-state index in [0.717, 1.165) is 18.5 Å². The Morgan fingerprint density at radius 2 is 1.92 bits per heavy atom. The number of amides is 1. The number of nitrogens with one attached hydrogen (secondary N) is 2. The molecule has 188 valence electrons. The molecule has 4 heterocycles. The zero-order valence-corrected chi connectivity index (χ0v) is 20.7. The Hall–Kier alpha value is -4.29. The summed E-state index contributed by atoms with van der Waals surface area (Å²) in [5.41, 5.74) is 2.41. The maximum absolute atomic E-state index is 11.9. The second kappa shape index (κ2) is 8.98. The van der Waals surface area contributed by atoms with Crippen molar-refractivity contribution in [3.63, 3.8) is 0 Å². The van der Waals surface area contributed by atoms with E-state index in [0.29, 0.717) is 71.8 Å². The van der Waals surface area contributed by atoms with Gasteiger partial charge in [0, 0.05) is 44.1 Å². The molecule has 1 saturated carbocycles. The molecule has 3 aliphatic rings. The minimum atomic E-state index is -0.304. The number of carbonyl (C=O) groups excluding carboxylic acids is 1. The number of methoxy groups -OCH3 is 1. The fraction of sp³-hybridized carbons (Fsp3) is 0.417. The molecule has 1 aliphatic carbocycles. The highest BCUT2D eigenvalue weighted by atomic mass is 35.5. The zero-order chi connectivity index (χ0) is 25.7. The Balaban J connectivity index is 1.30. The van der Waals surface area contributed by atoms with Crippen molar-refractivity contribution in [3.05, 3.63) is 34.6 Å². The molecule has 13 heteroatoms. The van der Waals surface area contributed by atoms with Crippen molar-refractivity contribution in [1.82, 2.24) is 24.5 Å². The molecule has 3 fully saturated rings. The molecule has 2 atom stereocenters. The monoisotopic (exact) mass is 518 g/mol. The molecule has 3 aromatic rings. The number of anilines is 4. The highest BCUT2D eigenvalue weighted by molar-refractivity contribution is 6.36. The quantitative estimate of drug-likeness (QED) is 0.516. The summed E-state index contributed by atoms with van der Waals surface area (Å²) < 4.78 is 6.31. The average molecular weight is 519 g/mol. The topological polar surface area (TPSA) is 148 Å². The Morgan fingerprint density at radius 3 is 2.57 bits per heavy atom. The average Bonchev–Trinajstić information content (AvgIpc) is 3.29. The summed E-state index contributed by atoms with van der Waals surface area (Å²) >= 11 is 6.87. The van der Waals surface area contributed by atoms with E-state index < -0.39 is 0 Å². The van der Waals surface area contributed by atoms with Gasteiger partial charge in [-0.15, -0.1) is 5.10 Å². The summed E-state index contributed by atoms with van der Waals surface area (Å²) in [6, 6.07) is 8.05. The van der Waals surface area contributed by atoms with Crippen LogP contribution < -0.4 is 15.5 Å². The summed E-state index contributed by atoms with van der Waals surface area (Å²) in [5.74, 6) is 1.34. The van der Waals surface area contributed by atoms with Gasteiger partial charge in [0.2, 0.25) is 5.95 Å². The number of carbonyl (C=O) groups is 1. The van der Waals surface area contributed by atoms with E-state index in [4.69, 9.17) is 16.3 Å². The maximum atomic E-state index is 11.9. The number of nitrogens with zero attached hydrogens (tertiary/aromatic N) is 8. The van der Waals surface area contributed by atoms with Crippen molar-refractivity contribution in [2.75, 3.05) is 48.8 Å². The van der Waals surface area contributed by atoms with Gasteiger partial charge in [-0.25, -0.2) is 9.78 Å². The summed E-state index contributed by atoms with van der Waals surface area (Å²) in [6.45, 7) is 2.69. The molecule has 0 spiro atoms. The maximum Gasteiger partial charge on any atom is 0.409 e. The lowest BCUT2D eigenvalue weighted by Crippen LogP contribution is -2.33. The van der Waals surface area contributed by atoms with Crippen molar-refractivity contribution in [1.29, 1.82) is 10.5 Å². The Morgan fingerprint density at radius 1 is 1.16 bits per heavy atom. The highest BCUT2D eigenvalue weighted by Crippen LogP contribution is 2.41. The minimum absolute atomic E-state index is 0.222. The van der Waals surface area contributed by atoms with Gasteiger partial charge in [0.15, 0.2) is 17.2 Å². The summed E-state index contributed by atoms with van der Waals surface area (Å²) in [5, 5.41) is 30.6. The number of benzene rings is 1. The molecule has 1 aromatic carbocycles. The zero-order valence-electron chi connectivity index (χ0n) is 20.0. The SMILES string of the molecule is COC(=O)N1CC2CN(c3cc(C#N)cc(Nc4nc(NC5CC5)c5ncc(C#N)n5n4)c3Cl)CC2C1. The molecule has 12 nitrogen and oxygen atoms in total. The van der Waals surface area contributed by atoms with Gasteiger partial charge in [-0.2, -0.15) is 20.0 Å². The van der Waals surface area contributed by atoms with Crippen LogP contribution in [-0.4, -0.2) is 69.9 Å². The normalized spacial score (nSPS) is 20.4. The third-order valence-corrected chi connectivity index (χ3v) is 7.48. The third kappa shape index (κ3) is 4.19. The van der Waals surface area contributed by atoms with E-state index in [1.807, 2.05) is 0 Å². The van der Waals surface area contributed by atoms with Gasteiger partial charge in [0.25, 0.3) is 0 Å². The Labute approximate surface area is 217 Å². The van der Waals surface area contributed by atoms with Gasteiger partial charge in [0.05, 0.1) is 41.3 Å². The predicted octanol–water partition coefficient (Wildman–Crippen LogP) is 2.97. The second-order valence-corrected chi connectivity index (χ2v) is 9.97. The van der Waals surface area contributed by atoms with Crippen LogP contribution >= 0.6 is 11.6 Å². The fourth-order valence-corrected chi connectivity index (χ4v) is 5.39. The Kier molecular flexibility index (Phi) is 5.61. The lowest BCUT2D eigenvalue weighted by molar-refractivity contribution is 0.130. The summed E-state index contributed by atoms with van der Waals surface area (Å²) in [6.07, 6.45) is 3.24. The predicted molar refractivity (Wildman–Crippen MR) is 135 cm³/mol. The number of imidazole rings is 1. The lowest BCUT2D eigenvalue weighted by atomic mass is 10.0. The number of likely N-dealkylation sites (tertiary alicyclic amines) is 1. The van der Waals surface area contributed by atoms with E-state index in [-0.39, 0.29) is 17.7 Å². The minimum Gasteiger partial charge on any atom is -0.453 e. The first-order chi connectivity index (χ1) is 18.0. The molecule has 0 bridgehead atoms. The molecule has 2 aliphatic heterocycles.